The van der Waals surface area contributed by atoms with Gasteiger partial charge in [-0.2, -0.15) is 18.2 Å². The largest absolute Gasteiger partial charge is 0.490 e. The Morgan fingerprint density at radius 2 is 1.96 bits per heavy atom. The van der Waals surface area contributed by atoms with E-state index in [2.05, 4.69) is 10.3 Å². The lowest BCUT2D eigenvalue weighted by atomic mass is 10.2. The third kappa shape index (κ3) is 4.54. The number of amides is 1. The molecule has 0 bridgehead atoms. The number of alkyl halides is 3. The van der Waals surface area contributed by atoms with E-state index >= 15 is 0 Å². The summed E-state index contributed by atoms with van der Waals surface area (Å²) in [7, 11) is 3.05. The van der Waals surface area contributed by atoms with E-state index in [1.54, 1.807) is 12.1 Å². The summed E-state index contributed by atoms with van der Waals surface area (Å²) in [4.78, 5) is 27.5. The maximum atomic E-state index is 12.6. The molecule has 2 aliphatic rings. The summed E-state index contributed by atoms with van der Waals surface area (Å²) in [5, 5.41) is 10.5. The second-order valence-electron chi connectivity index (χ2n) is 5.58. The van der Waals surface area contributed by atoms with Crippen LogP contribution in [0, 0.1) is 0 Å². The summed E-state index contributed by atoms with van der Waals surface area (Å²) >= 11 is 0. The maximum absolute atomic E-state index is 12.6. The van der Waals surface area contributed by atoms with Crippen molar-refractivity contribution in [3.63, 3.8) is 0 Å². The predicted molar refractivity (Wildman–Crippen MR) is 82.3 cm³/mol. The number of carbonyl (C=O) groups excluding carboxylic acids is 1. The highest BCUT2D eigenvalue weighted by atomic mass is 19.4. The van der Waals surface area contributed by atoms with Crippen LogP contribution in [0.2, 0.25) is 0 Å². The van der Waals surface area contributed by atoms with Crippen LogP contribution >= 0.6 is 0 Å². The lowest BCUT2D eigenvalue weighted by Gasteiger charge is -2.27. The highest BCUT2D eigenvalue weighted by Gasteiger charge is 2.46. The summed E-state index contributed by atoms with van der Waals surface area (Å²) in [6.07, 6.45) is -4.04. The fourth-order valence-electron chi connectivity index (χ4n) is 2.54. The first-order chi connectivity index (χ1) is 12.2. The third-order valence-electron chi connectivity index (χ3n) is 3.89. The molecular formula is C15H18F3N3O5. The van der Waals surface area contributed by atoms with E-state index in [-0.39, 0.29) is 5.91 Å². The van der Waals surface area contributed by atoms with Crippen molar-refractivity contribution in [1.82, 2.24) is 15.2 Å². The molecule has 1 aliphatic carbocycles. The Hall–Kier alpha value is -2.56. The first kappa shape index (κ1) is 19.8. The maximum Gasteiger partial charge on any atom is 0.490 e. The number of fused-ring (bicyclic) bond motifs is 1. The fraction of sp³-hybridized carbons (Fsp3) is 0.533. The van der Waals surface area contributed by atoms with Gasteiger partial charge in [0.05, 0.1) is 14.2 Å². The molecular weight excluding hydrogens is 359 g/mol. The fourth-order valence-corrected chi connectivity index (χ4v) is 2.54. The van der Waals surface area contributed by atoms with E-state index in [9.17, 15) is 18.0 Å². The molecule has 8 nitrogen and oxygen atoms in total. The molecule has 1 aromatic heterocycles. The van der Waals surface area contributed by atoms with Gasteiger partial charge in [0.15, 0.2) is 0 Å². The third-order valence-corrected chi connectivity index (χ3v) is 3.89. The van der Waals surface area contributed by atoms with Crippen LogP contribution in [0.3, 0.4) is 0 Å². The van der Waals surface area contributed by atoms with Gasteiger partial charge in [-0.3, -0.25) is 4.79 Å². The number of rotatable bonds is 3. The van der Waals surface area contributed by atoms with Gasteiger partial charge in [0.1, 0.15) is 5.56 Å². The van der Waals surface area contributed by atoms with Crippen LogP contribution in [-0.2, 0) is 4.79 Å². The van der Waals surface area contributed by atoms with Crippen molar-refractivity contribution in [1.29, 1.82) is 0 Å². The van der Waals surface area contributed by atoms with E-state index in [0.717, 1.165) is 19.5 Å². The predicted octanol–water partition coefficient (Wildman–Crippen LogP) is 0.918. The standard InChI is InChI=1S/C13H17N3O3.C2HF3O2/c1-18-11-4-3-8(12(15-11)19-2)13(17)16-6-5-14-9-7-10(9)16;3-2(4,5)1(6)7/h3-4,9-10,14H,5-7H2,1-2H3;(H,6,7). The molecule has 0 aromatic carbocycles. The number of halogens is 3. The number of pyridine rings is 1. The quantitative estimate of drug-likeness (QED) is 0.808. The summed E-state index contributed by atoms with van der Waals surface area (Å²) in [6, 6.07) is 4.19. The average Bonchev–Trinajstić information content (AvgIpc) is 3.39. The first-order valence-corrected chi connectivity index (χ1v) is 7.62. The number of methoxy groups -OCH3 is 2. The molecule has 2 N–H and O–H groups in total. The number of ether oxygens (including phenoxy) is 2. The van der Waals surface area contributed by atoms with Gasteiger partial charge in [-0.15, -0.1) is 0 Å². The number of nitrogens with one attached hydrogen (secondary N) is 1. The van der Waals surface area contributed by atoms with Gasteiger partial charge in [-0.1, -0.05) is 0 Å². The number of piperazine rings is 1. The van der Waals surface area contributed by atoms with Crippen LogP contribution < -0.4 is 14.8 Å². The number of aliphatic carboxylic acids is 1. The van der Waals surface area contributed by atoms with Gasteiger partial charge in [0.2, 0.25) is 11.8 Å². The van der Waals surface area contributed by atoms with E-state index in [1.165, 1.54) is 14.2 Å². The lowest BCUT2D eigenvalue weighted by molar-refractivity contribution is -0.192. The zero-order chi connectivity index (χ0) is 19.5. The molecule has 144 valence electrons. The molecule has 26 heavy (non-hydrogen) atoms. The molecule has 2 atom stereocenters. The molecule has 11 heteroatoms. The Balaban J connectivity index is 0.000000298. The minimum absolute atomic E-state index is 0.0130. The average molecular weight is 377 g/mol. The summed E-state index contributed by atoms with van der Waals surface area (Å²) < 4.78 is 42.0. The van der Waals surface area contributed by atoms with Gasteiger partial charge >= 0.3 is 12.1 Å². The van der Waals surface area contributed by atoms with E-state index in [0.29, 0.717) is 29.4 Å². The van der Waals surface area contributed by atoms with Gasteiger partial charge in [-0.05, 0) is 12.5 Å². The SMILES string of the molecule is COc1ccc(C(=O)N2CCNC3CC32)c(OC)n1.O=C(O)C(F)(F)F. The van der Waals surface area contributed by atoms with Gasteiger partial charge < -0.3 is 24.8 Å². The molecule has 2 fully saturated rings. The van der Waals surface area contributed by atoms with Crippen LogP contribution in [-0.4, -0.2) is 72.4 Å². The van der Waals surface area contributed by atoms with Crippen LogP contribution in [0.5, 0.6) is 11.8 Å². The molecule has 0 radical (unpaired) electrons. The van der Waals surface area contributed by atoms with E-state index in [1.807, 2.05) is 4.90 Å². The molecule has 2 unspecified atom stereocenters. The number of carbonyl (C=O) groups is 2. The van der Waals surface area contributed by atoms with Crippen molar-refractivity contribution in [3.8, 4) is 11.8 Å². The Labute approximate surface area is 146 Å². The normalized spacial score (nSPS) is 21.0. The number of aromatic nitrogens is 1. The van der Waals surface area contributed by atoms with Crippen molar-refractivity contribution < 1.29 is 37.3 Å². The second kappa shape index (κ2) is 7.77. The first-order valence-electron chi connectivity index (χ1n) is 7.62. The minimum atomic E-state index is -5.08. The highest BCUT2D eigenvalue weighted by Crippen LogP contribution is 2.33. The molecule has 1 aromatic rings. The summed E-state index contributed by atoms with van der Waals surface area (Å²) in [6.45, 7) is 1.58. The summed E-state index contributed by atoms with van der Waals surface area (Å²) in [5.74, 6) is -2.01. The van der Waals surface area contributed by atoms with E-state index < -0.39 is 12.1 Å². The van der Waals surface area contributed by atoms with Crippen LogP contribution in [0.25, 0.3) is 0 Å². The van der Waals surface area contributed by atoms with Crippen molar-refractivity contribution in [3.05, 3.63) is 17.7 Å². The number of hydrogen-bond donors (Lipinski definition) is 2. The van der Waals surface area contributed by atoms with Crippen molar-refractivity contribution in [2.45, 2.75) is 24.7 Å². The van der Waals surface area contributed by atoms with Gasteiger partial charge in [-0.25, -0.2) is 4.79 Å². The Bertz CT molecular complexity index is 683. The molecule has 1 saturated carbocycles. The minimum Gasteiger partial charge on any atom is -0.481 e. The molecule has 1 aliphatic heterocycles. The summed E-state index contributed by atoms with van der Waals surface area (Å²) in [5.41, 5.74) is 0.496. The van der Waals surface area contributed by atoms with Gasteiger partial charge in [0, 0.05) is 31.2 Å². The van der Waals surface area contributed by atoms with E-state index in [4.69, 9.17) is 19.4 Å². The molecule has 3 rings (SSSR count). The molecule has 2 heterocycles. The zero-order valence-corrected chi connectivity index (χ0v) is 14.0. The van der Waals surface area contributed by atoms with Crippen LogP contribution in [0.1, 0.15) is 16.8 Å². The Morgan fingerprint density at radius 1 is 1.31 bits per heavy atom. The number of hydrogen-bond acceptors (Lipinski definition) is 6. The number of carboxylic acid groups (broad SMARTS) is 1. The Kier molecular flexibility index (Phi) is 5.90. The number of carboxylic acids is 1. The Morgan fingerprint density at radius 3 is 2.50 bits per heavy atom. The molecule has 0 spiro atoms. The lowest BCUT2D eigenvalue weighted by Crippen LogP contribution is -2.46. The number of nitrogens with zero attached hydrogens (tertiary/aromatic N) is 2. The topological polar surface area (TPSA) is 101 Å². The van der Waals surface area contributed by atoms with Crippen LogP contribution in [0.4, 0.5) is 13.2 Å². The molecule has 1 saturated heterocycles. The highest BCUT2D eigenvalue weighted by molar-refractivity contribution is 5.97. The zero-order valence-electron chi connectivity index (χ0n) is 14.0. The van der Waals surface area contributed by atoms with Crippen molar-refractivity contribution in [2.75, 3.05) is 27.3 Å². The smallest absolute Gasteiger partial charge is 0.481 e. The van der Waals surface area contributed by atoms with Gasteiger partial charge in [0.25, 0.3) is 5.91 Å². The monoisotopic (exact) mass is 377 g/mol. The van der Waals surface area contributed by atoms with Crippen molar-refractivity contribution >= 4 is 11.9 Å². The molecule has 1 amide bonds. The second-order valence-corrected chi connectivity index (χ2v) is 5.58. The van der Waals surface area contributed by atoms with Crippen molar-refractivity contribution in [2.24, 2.45) is 0 Å². The van der Waals surface area contributed by atoms with Crippen LogP contribution in [0.15, 0.2) is 12.1 Å².